The Labute approximate surface area is 113 Å². The molecule has 1 saturated carbocycles. The van der Waals surface area contributed by atoms with Gasteiger partial charge in [0.25, 0.3) is 0 Å². The molecule has 2 heteroatoms. The monoisotopic (exact) mass is 295 g/mol. The lowest BCUT2D eigenvalue weighted by Crippen LogP contribution is -2.23. The maximum Gasteiger partial charge on any atom is 0.0325 e. The second-order valence-corrected chi connectivity index (χ2v) is 6.10. The van der Waals surface area contributed by atoms with E-state index in [1.54, 1.807) is 0 Å². The number of halogens is 1. The standard InChI is InChI=1S/C15H22BrN/c1-3-8-17-15(9-12-5-6-12)14-10-13(16)7-4-11(14)2/h4,7,10,12,15,17H,3,5-6,8-9H2,1-2H3. The Hall–Kier alpha value is -0.340. The van der Waals surface area contributed by atoms with Crippen LogP contribution in [-0.2, 0) is 0 Å². The molecule has 0 radical (unpaired) electrons. The van der Waals surface area contributed by atoms with Crippen molar-refractivity contribution in [3.63, 3.8) is 0 Å². The third kappa shape index (κ3) is 3.82. The van der Waals surface area contributed by atoms with Gasteiger partial charge in [-0.1, -0.05) is 41.8 Å². The summed E-state index contributed by atoms with van der Waals surface area (Å²) in [5.74, 6) is 0.961. The summed E-state index contributed by atoms with van der Waals surface area (Å²) < 4.78 is 1.19. The van der Waals surface area contributed by atoms with Gasteiger partial charge < -0.3 is 5.32 Å². The molecule has 0 saturated heterocycles. The first kappa shape index (κ1) is 13.1. The SMILES string of the molecule is CCCNC(CC1CC1)c1cc(Br)ccc1C. The highest BCUT2D eigenvalue weighted by Crippen LogP contribution is 2.38. The van der Waals surface area contributed by atoms with Crippen LogP contribution >= 0.6 is 15.9 Å². The van der Waals surface area contributed by atoms with Crippen molar-refractivity contribution in [3.8, 4) is 0 Å². The zero-order chi connectivity index (χ0) is 12.3. The summed E-state index contributed by atoms with van der Waals surface area (Å²) in [7, 11) is 0. The van der Waals surface area contributed by atoms with Gasteiger partial charge in [-0.2, -0.15) is 0 Å². The Balaban J connectivity index is 2.13. The van der Waals surface area contributed by atoms with Crippen LogP contribution < -0.4 is 5.32 Å². The van der Waals surface area contributed by atoms with Crippen LogP contribution in [0.5, 0.6) is 0 Å². The zero-order valence-corrected chi connectivity index (χ0v) is 12.4. The normalized spacial score (nSPS) is 17.1. The Morgan fingerprint density at radius 1 is 1.41 bits per heavy atom. The molecule has 1 unspecified atom stereocenters. The van der Waals surface area contributed by atoms with Crippen LogP contribution in [0.2, 0.25) is 0 Å². The summed E-state index contributed by atoms with van der Waals surface area (Å²) in [4.78, 5) is 0. The average molecular weight is 296 g/mol. The van der Waals surface area contributed by atoms with Gasteiger partial charge in [0.1, 0.15) is 0 Å². The van der Waals surface area contributed by atoms with Crippen molar-refractivity contribution < 1.29 is 0 Å². The summed E-state index contributed by atoms with van der Waals surface area (Å²) >= 11 is 3.59. The molecule has 0 bridgehead atoms. The maximum atomic E-state index is 3.70. The molecular weight excluding hydrogens is 274 g/mol. The van der Waals surface area contributed by atoms with Crippen molar-refractivity contribution in [3.05, 3.63) is 33.8 Å². The summed E-state index contributed by atoms with van der Waals surface area (Å²) in [6.07, 6.45) is 5.36. The Kier molecular flexibility index (Phi) is 4.63. The number of nitrogens with one attached hydrogen (secondary N) is 1. The van der Waals surface area contributed by atoms with Gasteiger partial charge in [0, 0.05) is 10.5 Å². The van der Waals surface area contributed by atoms with Crippen LogP contribution in [0.3, 0.4) is 0 Å². The van der Waals surface area contributed by atoms with Crippen molar-refractivity contribution in [1.82, 2.24) is 5.32 Å². The molecule has 0 aliphatic heterocycles. The van der Waals surface area contributed by atoms with Crippen molar-refractivity contribution in [2.24, 2.45) is 5.92 Å². The molecule has 1 fully saturated rings. The van der Waals surface area contributed by atoms with Gasteiger partial charge in [0.05, 0.1) is 0 Å². The molecule has 0 heterocycles. The zero-order valence-electron chi connectivity index (χ0n) is 10.8. The molecule has 0 aromatic heterocycles. The Morgan fingerprint density at radius 2 is 2.18 bits per heavy atom. The van der Waals surface area contributed by atoms with E-state index in [0.29, 0.717) is 6.04 Å². The van der Waals surface area contributed by atoms with Crippen molar-refractivity contribution in [2.75, 3.05) is 6.54 Å². The third-order valence-corrected chi connectivity index (χ3v) is 4.02. The Bertz CT molecular complexity index is 371. The van der Waals surface area contributed by atoms with E-state index >= 15 is 0 Å². The van der Waals surface area contributed by atoms with Gasteiger partial charge in [-0.15, -0.1) is 0 Å². The molecule has 0 spiro atoms. The van der Waals surface area contributed by atoms with E-state index in [1.165, 1.54) is 41.3 Å². The van der Waals surface area contributed by atoms with Gasteiger partial charge in [-0.05, 0) is 55.5 Å². The van der Waals surface area contributed by atoms with Gasteiger partial charge in [-0.25, -0.2) is 0 Å². The Morgan fingerprint density at radius 3 is 2.82 bits per heavy atom. The molecule has 1 atom stereocenters. The lowest BCUT2D eigenvalue weighted by molar-refractivity contribution is 0.472. The number of hydrogen-bond donors (Lipinski definition) is 1. The first-order valence-electron chi connectivity index (χ1n) is 6.70. The highest BCUT2D eigenvalue weighted by molar-refractivity contribution is 9.10. The number of rotatable bonds is 6. The van der Waals surface area contributed by atoms with Gasteiger partial charge >= 0.3 is 0 Å². The summed E-state index contributed by atoms with van der Waals surface area (Å²) in [5.41, 5.74) is 2.88. The second-order valence-electron chi connectivity index (χ2n) is 5.19. The van der Waals surface area contributed by atoms with Crippen molar-refractivity contribution >= 4 is 15.9 Å². The summed E-state index contributed by atoms with van der Waals surface area (Å²) in [5, 5.41) is 3.70. The van der Waals surface area contributed by atoms with Crippen molar-refractivity contribution in [1.29, 1.82) is 0 Å². The maximum absolute atomic E-state index is 3.70. The second kappa shape index (κ2) is 6.01. The van der Waals surface area contributed by atoms with Gasteiger partial charge in [-0.3, -0.25) is 0 Å². The van der Waals surface area contributed by atoms with Crippen LogP contribution in [-0.4, -0.2) is 6.54 Å². The minimum Gasteiger partial charge on any atom is -0.310 e. The lowest BCUT2D eigenvalue weighted by Gasteiger charge is -2.21. The number of hydrogen-bond acceptors (Lipinski definition) is 1. The quantitative estimate of drug-likeness (QED) is 0.809. The summed E-state index contributed by atoms with van der Waals surface area (Å²) in [6.45, 7) is 5.56. The van der Waals surface area contributed by atoms with E-state index in [9.17, 15) is 0 Å². The molecule has 1 nitrogen and oxygen atoms in total. The highest BCUT2D eigenvalue weighted by atomic mass is 79.9. The number of aryl methyl sites for hydroxylation is 1. The fourth-order valence-electron chi connectivity index (χ4n) is 2.31. The topological polar surface area (TPSA) is 12.0 Å². The fraction of sp³-hybridized carbons (Fsp3) is 0.600. The van der Waals surface area contributed by atoms with Crippen LogP contribution in [0.4, 0.5) is 0 Å². The van der Waals surface area contributed by atoms with E-state index in [4.69, 9.17) is 0 Å². The molecule has 94 valence electrons. The fourth-order valence-corrected chi connectivity index (χ4v) is 2.69. The minimum absolute atomic E-state index is 0.542. The van der Waals surface area contributed by atoms with Crippen molar-refractivity contribution in [2.45, 2.75) is 45.6 Å². The van der Waals surface area contributed by atoms with E-state index in [-0.39, 0.29) is 0 Å². The third-order valence-electron chi connectivity index (χ3n) is 3.52. The molecule has 17 heavy (non-hydrogen) atoms. The lowest BCUT2D eigenvalue weighted by atomic mass is 9.97. The molecule has 1 aliphatic carbocycles. The molecule has 1 aromatic rings. The van der Waals surface area contributed by atoms with Gasteiger partial charge in [0.15, 0.2) is 0 Å². The first-order chi connectivity index (χ1) is 8.20. The molecule has 2 rings (SSSR count). The smallest absolute Gasteiger partial charge is 0.0325 e. The summed E-state index contributed by atoms with van der Waals surface area (Å²) in [6, 6.07) is 7.17. The van der Waals surface area contributed by atoms with E-state index in [1.807, 2.05) is 0 Å². The van der Waals surface area contributed by atoms with E-state index in [0.717, 1.165) is 12.5 Å². The van der Waals surface area contributed by atoms with E-state index < -0.39 is 0 Å². The van der Waals surface area contributed by atoms with Crippen LogP contribution in [0.25, 0.3) is 0 Å². The molecule has 0 amide bonds. The predicted molar refractivity (Wildman–Crippen MR) is 77.3 cm³/mol. The van der Waals surface area contributed by atoms with E-state index in [2.05, 4.69) is 53.3 Å². The minimum atomic E-state index is 0.542. The highest BCUT2D eigenvalue weighted by Gasteiger charge is 2.26. The van der Waals surface area contributed by atoms with Crippen LogP contribution in [0, 0.1) is 12.8 Å². The van der Waals surface area contributed by atoms with Crippen LogP contribution in [0.15, 0.2) is 22.7 Å². The largest absolute Gasteiger partial charge is 0.310 e. The average Bonchev–Trinajstić information content (AvgIpc) is 3.11. The first-order valence-corrected chi connectivity index (χ1v) is 7.49. The van der Waals surface area contributed by atoms with Gasteiger partial charge in [0.2, 0.25) is 0 Å². The molecule has 1 N–H and O–H groups in total. The molecule has 1 aliphatic rings. The molecule has 1 aromatic carbocycles. The van der Waals surface area contributed by atoms with Crippen LogP contribution in [0.1, 0.15) is 49.8 Å². The molecular formula is C15H22BrN. The predicted octanol–water partition coefficient (Wildman–Crippen LogP) is 4.60. The number of benzene rings is 1.